The highest BCUT2D eigenvalue weighted by atomic mass is 79.9. The number of aliphatic hydroxyl groups excluding tert-OH is 1. The molecule has 0 aromatic carbocycles. The van der Waals surface area contributed by atoms with Crippen molar-refractivity contribution in [1.82, 2.24) is 0 Å². The highest BCUT2D eigenvalue weighted by Crippen LogP contribution is 1.97. The Hall–Kier alpha value is 0.1000. The predicted octanol–water partition coefficient (Wildman–Crippen LogP) is 0.878. The fraction of sp³-hybridized carbons (Fsp3) is 0.667. The fourth-order valence-corrected chi connectivity index (χ4v) is 0.645. The minimum absolute atomic E-state index is 0.00889. The van der Waals surface area contributed by atoms with E-state index in [1.54, 1.807) is 12.1 Å². The van der Waals surface area contributed by atoms with Crippen LogP contribution in [0.1, 0.15) is 0 Å². The van der Waals surface area contributed by atoms with E-state index in [9.17, 15) is 0 Å². The van der Waals surface area contributed by atoms with E-state index in [0.29, 0.717) is 6.61 Å². The molecule has 0 aromatic heterocycles. The van der Waals surface area contributed by atoms with Crippen molar-refractivity contribution in [3.8, 4) is 0 Å². The molecule has 0 fully saturated rings. The standard InChI is InChI=1S/C6H11BrO3/c1-9-5-10-4-6(2-7)3-8/h2,8H,3-5H2,1H3. The summed E-state index contributed by atoms with van der Waals surface area (Å²) in [5, 5.41) is 8.61. The molecule has 0 unspecified atom stereocenters. The van der Waals surface area contributed by atoms with Crippen molar-refractivity contribution < 1.29 is 14.6 Å². The minimum Gasteiger partial charge on any atom is -0.392 e. The third-order valence-corrected chi connectivity index (χ3v) is 1.49. The molecule has 0 saturated heterocycles. The van der Waals surface area contributed by atoms with Gasteiger partial charge in [-0.05, 0) is 10.6 Å². The fourth-order valence-electron chi connectivity index (χ4n) is 0.368. The molecular formula is C6H11BrO3. The summed E-state index contributed by atoms with van der Waals surface area (Å²) in [6.07, 6.45) is 0. The highest BCUT2D eigenvalue weighted by molar-refractivity contribution is 9.11. The van der Waals surface area contributed by atoms with Gasteiger partial charge < -0.3 is 14.6 Å². The molecule has 3 nitrogen and oxygen atoms in total. The Morgan fingerprint density at radius 2 is 2.40 bits per heavy atom. The smallest absolute Gasteiger partial charge is 0.146 e. The topological polar surface area (TPSA) is 38.7 Å². The van der Waals surface area contributed by atoms with Gasteiger partial charge in [0, 0.05) is 7.11 Å². The molecule has 0 spiro atoms. The van der Waals surface area contributed by atoms with E-state index in [2.05, 4.69) is 20.7 Å². The third-order valence-electron chi connectivity index (χ3n) is 0.846. The Labute approximate surface area is 68.8 Å². The van der Waals surface area contributed by atoms with E-state index in [1.165, 1.54) is 0 Å². The number of hydrogen-bond donors (Lipinski definition) is 1. The summed E-state index contributed by atoms with van der Waals surface area (Å²) < 4.78 is 9.58. The van der Waals surface area contributed by atoms with Crippen molar-refractivity contribution >= 4 is 15.9 Å². The van der Waals surface area contributed by atoms with Crippen LogP contribution in [-0.2, 0) is 9.47 Å². The summed E-state index contributed by atoms with van der Waals surface area (Å²) in [7, 11) is 1.55. The molecule has 1 N–H and O–H groups in total. The first kappa shape index (κ1) is 10.1. The van der Waals surface area contributed by atoms with Gasteiger partial charge in [-0.3, -0.25) is 0 Å². The number of methoxy groups -OCH3 is 1. The second-order valence-corrected chi connectivity index (χ2v) is 2.14. The molecule has 0 bridgehead atoms. The van der Waals surface area contributed by atoms with E-state index in [-0.39, 0.29) is 13.4 Å². The Morgan fingerprint density at radius 3 is 2.80 bits per heavy atom. The van der Waals surface area contributed by atoms with Crippen LogP contribution in [0.5, 0.6) is 0 Å². The molecule has 0 atom stereocenters. The molecule has 0 saturated carbocycles. The summed E-state index contributed by atoms with van der Waals surface area (Å²) in [6.45, 7) is 0.662. The van der Waals surface area contributed by atoms with Gasteiger partial charge in [-0.15, -0.1) is 0 Å². The van der Waals surface area contributed by atoms with Gasteiger partial charge in [0.25, 0.3) is 0 Å². The van der Waals surface area contributed by atoms with E-state index < -0.39 is 0 Å². The lowest BCUT2D eigenvalue weighted by molar-refractivity contribution is -0.0227. The summed E-state index contributed by atoms with van der Waals surface area (Å²) in [4.78, 5) is 1.64. The van der Waals surface area contributed by atoms with Crippen LogP contribution in [0.2, 0.25) is 0 Å². The quantitative estimate of drug-likeness (QED) is 0.541. The van der Waals surface area contributed by atoms with Gasteiger partial charge in [0.1, 0.15) is 6.79 Å². The highest BCUT2D eigenvalue weighted by Gasteiger charge is 1.92. The van der Waals surface area contributed by atoms with E-state index in [4.69, 9.17) is 9.84 Å². The van der Waals surface area contributed by atoms with Crippen molar-refractivity contribution in [2.45, 2.75) is 0 Å². The molecular weight excluding hydrogens is 200 g/mol. The van der Waals surface area contributed by atoms with Crippen molar-refractivity contribution in [2.75, 3.05) is 27.1 Å². The zero-order valence-electron chi connectivity index (χ0n) is 5.84. The third kappa shape index (κ3) is 4.93. The number of hydrogen-bond acceptors (Lipinski definition) is 3. The van der Waals surface area contributed by atoms with Crippen LogP contribution in [0.15, 0.2) is 10.6 Å². The van der Waals surface area contributed by atoms with E-state index in [0.717, 1.165) is 5.57 Å². The van der Waals surface area contributed by atoms with Gasteiger partial charge in [-0.1, -0.05) is 15.9 Å². The monoisotopic (exact) mass is 210 g/mol. The average molecular weight is 211 g/mol. The molecule has 0 rings (SSSR count). The van der Waals surface area contributed by atoms with Crippen LogP contribution < -0.4 is 0 Å². The second kappa shape index (κ2) is 7.21. The lowest BCUT2D eigenvalue weighted by Crippen LogP contribution is -2.03. The van der Waals surface area contributed by atoms with Crippen LogP contribution in [0.4, 0.5) is 0 Å². The maximum absolute atomic E-state index is 8.61. The van der Waals surface area contributed by atoms with Crippen LogP contribution in [-0.4, -0.2) is 32.2 Å². The zero-order chi connectivity index (χ0) is 7.82. The minimum atomic E-state index is 0.00889. The molecule has 0 aliphatic carbocycles. The number of aliphatic hydroxyl groups is 1. The van der Waals surface area contributed by atoms with Crippen molar-refractivity contribution in [3.63, 3.8) is 0 Å². The average Bonchev–Trinajstić information content (AvgIpc) is 1.99. The van der Waals surface area contributed by atoms with Crippen molar-refractivity contribution in [1.29, 1.82) is 0 Å². The Morgan fingerprint density at radius 1 is 1.70 bits per heavy atom. The number of rotatable bonds is 5. The van der Waals surface area contributed by atoms with E-state index >= 15 is 0 Å². The molecule has 0 radical (unpaired) electrons. The Balaban J connectivity index is 3.27. The summed E-state index contributed by atoms with van der Waals surface area (Å²) in [5.74, 6) is 0. The Bertz CT molecular complexity index is 103. The zero-order valence-corrected chi connectivity index (χ0v) is 7.43. The van der Waals surface area contributed by atoms with Crippen LogP contribution in [0, 0.1) is 0 Å². The molecule has 0 amide bonds. The second-order valence-electron chi connectivity index (χ2n) is 1.68. The normalized spacial score (nSPS) is 12.1. The van der Waals surface area contributed by atoms with Gasteiger partial charge in [0.15, 0.2) is 0 Å². The molecule has 0 heterocycles. The molecule has 10 heavy (non-hydrogen) atoms. The van der Waals surface area contributed by atoms with Gasteiger partial charge in [-0.25, -0.2) is 0 Å². The van der Waals surface area contributed by atoms with Crippen LogP contribution in [0.25, 0.3) is 0 Å². The largest absolute Gasteiger partial charge is 0.392 e. The lowest BCUT2D eigenvalue weighted by Gasteiger charge is -2.02. The number of ether oxygens (including phenoxy) is 2. The summed E-state index contributed by atoms with van der Waals surface area (Å²) in [6, 6.07) is 0. The lowest BCUT2D eigenvalue weighted by atomic mass is 10.4. The number of halogens is 1. The SMILES string of the molecule is COCOCC(=CBr)CO. The first-order valence-corrected chi connectivity index (χ1v) is 3.72. The van der Waals surface area contributed by atoms with Gasteiger partial charge in [0.05, 0.1) is 13.2 Å². The van der Waals surface area contributed by atoms with Gasteiger partial charge in [0.2, 0.25) is 0 Å². The first-order valence-electron chi connectivity index (χ1n) is 2.80. The van der Waals surface area contributed by atoms with Crippen LogP contribution >= 0.6 is 15.9 Å². The molecule has 0 aromatic rings. The molecule has 4 heteroatoms. The van der Waals surface area contributed by atoms with Gasteiger partial charge in [-0.2, -0.15) is 0 Å². The molecule has 0 aliphatic rings. The van der Waals surface area contributed by atoms with Crippen molar-refractivity contribution in [2.24, 2.45) is 0 Å². The van der Waals surface area contributed by atoms with E-state index in [1.807, 2.05) is 0 Å². The Kier molecular flexibility index (Phi) is 7.28. The maximum Gasteiger partial charge on any atom is 0.146 e. The molecule has 0 aliphatic heterocycles. The first-order chi connectivity index (χ1) is 4.85. The van der Waals surface area contributed by atoms with Gasteiger partial charge >= 0.3 is 0 Å². The molecule has 60 valence electrons. The predicted molar refractivity (Wildman–Crippen MR) is 41.9 cm³/mol. The summed E-state index contributed by atoms with van der Waals surface area (Å²) >= 11 is 3.09. The maximum atomic E-state index is 8.61. The van der Waals surface area contributed by atoms with Crippen LogP contribution in [0.3, 0.4) is 0 Å². The van der Waals surface area contributed by atoms with Crippen molar-refractivity contribution in [3.05, 3.63) is 10.6 Å². The summed E-state index contributed by atoms with van der Waals surface area (Å²) in [5.41, 5.74) is 0.789.